The molecule has 0 bridgehead atoms. The van der Waals surface area contributed by atoms with E-state index >= 15 is 0 Å². The summed E-state index contributed by atoms with van der Waals surface area (Å²) in [6.45, 7) is 0. The summed E-state index contributed by atoms with van der Waals surface area (Å²) < 4.78 is 0. The second kappa shape index (κ2) is 371. The number of hydrogen-bond acceptors (Lipinski definition) is 0. The number of nitrogens with zero attached hydrogens (tertiary/aromatic N) is 7. The van der Waals surface area contributed by atoms with E-state index in [1.807, 2.05) is 0 Å². The first-order valence-electron chi connectivity index (χ1n) is 0. The van der Waals surface area contributed by atoms with Crippen LogP contribution in [0.5, 0.6) is 0 Å². The van der Waals surface area contributed by atoms with E-state index < -0.39 is 0 Å². The van der Waals surface area contributed by atoms with E-state index in [2.05, 4.69) is 0 Å². The van der Waals surface area contributed by atoms with Gasteiger partial charge in [-0.3, -0.25) is 0 Å². The SMILES string of the molecule is [Al+3].[Al+3].[Al+3].[N-3].[N-3].[N-3].[N-3].[N-3].[N-3].[N-3].[SiH4].[SiH4].[SiH4].[Ti+4].[Ti+4].[Ti+4]. The van der Waals surface area contributed by atoms with Crippen molar-refractivity contribution in [2.45, 2.75) is 0 Å². The molecule has 7 nitrogen and oxygen atoms in total. The third kappa shape index (κ3) is 314. The molecule has 0 rings (SSSR count). The number of rotatable bonds is 0. The zero-order chi connectivity index (χ0) is 0. The summed E-state index contributed by atoms with van der Waals surface area (Å²) in [5, 5.41) is 0. The minimum atomic E-state index is 0. The van der Waals surface area contributed by atoms with Gasteiger partial charge in [0.1, 0.15) is 0 Å². The molecule has 0 aromatic carbocycles. The molecule has 0 atom stereocenters. The fraction of sp³-hybridized carbons (Fsp3) is 0. The zero-order valence-electron chi connectivity index (χ0n) is 6.36. The molecule has 0 aromatic heterocycles. The first-order chi connectivity index (χ1) is 0. The van der Waals surface area contributed by atoms with Crippen molar-refractivity contribution < 1.29 is 65.2 Å². The Morgan fingerprint density at radius 3 is 0.250 bits per heavy atom. The Balaban J connectivity index is 0. The Bertz CT molecular complexity index is 30.1. The van der Waals surface area contributed by atoms with Crippen LogP contribution in [0.1, 0.15) is 0 Å². The first-order valence-corrected chi connectivity index (χ1v) is 0. The molecule has 0 aliphatic rings. The fourth-order valence-corrected chi connectivity index (χ4v) is 0. The van der Waals surface area contributed by atoms with Crippen LogP contribution in [-0.2, 0) is 65.2 Å². The predicted octanol–water partition coefficient (Wildman–Crippen LogP) is -3.48. The maximum atomic E-state index is 0. The third-order valence-corrected chi connectivity index (χ3v) is 0. The van der Waals surface area contributed by atoms with E-state index in [1.165, 1.54) is 0 Å². The minimum Gasteiger partial charge on any atom is -3.00 e. The van der Waals surface area contributed by atoms with Gasteiger partial charge >= 0.3 is 117 Å². The van der Waals surface area contributed by atoms with Crippen molar-refractivity contribution in [2.75, 3.05) is 0 Å². The zero-order valence-corrected chi connectivity index (χ0v) is 14.5. The summed E-state index contributed by atoms with van der Waals surface area (Å²) in [5.41, 5.74) is 0. The van der Waals surface area contributed by atoms with Crippen molar-refractivity contribution in [1.29, 1.82) is 0 Å². The van der Waals surface area contributed by atoms with Gasteiger partial charge in [-0.2, -0.15) is 0 Å². The van der Waals surface area contributed by atoms with Crippen LogP contribution >= 0.6 is 0 Å². The molecule has 0 aliphatic heterocycles. The molecule has 16 heteroatoms. The van der Waals surface area contributed by atoms with Gasteiger partial charge in [0.2, 0.25) is 0 Å². The molecule has 0 unspecified atom stereocenters. The van der Waals surface area contributed by atoms with Crippen molar-refractivity contribution in [2.24, 2.45) is 0 Å². The molecule has 0 fully saturated rings. The van der Waals surface area contributed by atoms with Gasteiger partial charge in [0.25, 0.3) is 0 Å². The van der Waals surface area contributed by atoms with Crippen molar-refractivity contribution in [3.8, 4) is 0 Å². The van der Waals surface area contributed by atoms with E-state index in [0.717, 1.165) is 0 Å². The van der Waals surface area contributed by atoms with Gasteiger partial charge in [-0.15, -0.1) is 0 Å². The molecule has 0 N–H and O–H groups in total. The van der Waals surface area contributed by atoms with E-state index in [1.54, 1.807) is 0 Å². The molecule has 16 heavy (non-hydrogen) atoms. The van der Waals surface area contributed by atoms with Gasteiger partial charge in [-0.25, -0.2) is 0 Å². The fourth-order valence-electron chi connectivity index (χ4n) is 0. The van der Waals surface area contributed by atoms with Gasteiger partial charge in [0.15, 0.2) is 0 Å². The summed E-state index contributed by atoms with van der Waals surface area (Å²) in [7, 11) is 0. The van der Waals surface area contributed by atoms with Crippen LogP contribution in [0.25, 0.3) is 43.1 Å². The molecular formula is H12Al3N7Si3Ti3. The average Bonchev–Trinajstić information content (AvgIpc) is 0. The van der Waals surface area contributed by atoms with Crippen LogP contribution < -0.4 is 0 Å². The summed E-state index contributed by atoms with van der Waals surface area (Å²) in [4.78, 5) is 0. The van der Waals surface area contributed by atoms with Gasteiger partial charge in [0.05, 0.1) is 0 Å². The standard InChI is InChI=1S/3Al.7N.3H4Si.3Ti/h;;;;;;;;;;3*1H4;;;/q3*+3;7*-3;;;;3*+4. The Morgan fingerprint density at radius 2 is 0.250 bits per heavy atom. The molecule has 0 radical (unpaired) electrons. The van der Waals surface area contributed by atoms with Crippen LogP contribution in [0.2, 0.25) is 0 Å². The van der Waals surface area contributed by atoms with Crippen LogP contribution in [0.15, 0.2) is 0 Å². The van der Waals surface area contributed by atoms with Crippen LogP contribution in [0.4, 0.5) is 0 Å². The molecule has 0 aliphatic carbocycles. The molecule has 0 amide bonds. The predicted molar refractivity (Wildman–Crippen MR) is 74.8 cm³/mol. The molecule has 0 saturated heterocycles. The second-order valence-electron chi connectivity index (χ2n) is 0. The van der Waals surface area contributed by atoms with Gasteiger partial charge in [-0.1, -0.05) is 0 Å². The van der Waals surface area contributed by atoms with Crippen LogP contribution in [0, 0.1) is 0 Å². The molecular weight excluding hydrogens is 407 g/mol. The molecule has 0 spiro atoms. The smallest absolute Gasteiger partial charge is 3.00 e. The summed E-state index contributed by atoms with van der Waals surface area (Å²) in [6, 6.07) is 0. The summed E-state index contributed by atoms with van der Waals surface area (Å²) in [6.07, 6.45) is 0. The summed E-state index contributed by atoms with van der Waals surface area (Å²) >= 11 is 0. The Kier molecular flexibility index (Phi) is 10100. The maximum absolute atomic E-state index is 0. The number of hydrogen-bond donors (Lipinski definition) is 0. The Morgan fingerprint density at radius 1 is 0.250 bits per heavy atom. The van der Waals surface area contributed by atoms with Gasteiger partial charge in [-0.05, 0) is 32.9 Å². The topological polar surface area (TPSA) is 214 Å². The maximum Gasteiger partial charge on any atom is 4.00 e. The molecule has 80 valence electrons. The van der Waals surface area contributed by atoms with Crippen LogP contribution in [-0.4, -0.2) is 85.0 Å². The third-order valence-electron chi connectivity index (χ3n) is 0. The van der Waals surface area contributed by atoms with E-state index in [4.69, 9.17) is 0 Å². The first kappa shape index (κ1) is 435. The van der Waals surface area contributed by atoms with E-state index in [-0.39, 0.29) is 193 Å². The average molecular weight is 419 g/mol. The van der Waals surface area contributed by atoms with Crippen molar-refractivity contribution in [3.63, 3.8) is 0 Å². The largest absolute Gasteiger partial charge is 4.00 e. The van der Waals surface area contributed by atoms with E-state index in [0.29, 0.717) is 0 Å². The van der Waals surface area contributed by atoms with Gasteiger partial charge in [0, 0.05) is 0 Å². The van der Waals surface area contributed by atoms with Gasteiger partial charge < -0.3 is 43.1 Å². The minimum absolute atomic E-state index is 0. The molecule has 0 heterocycles. The monoisotopic (exact) mass is 419 g/mol. The molecule has 0 aromatic rings. The Hall–Kier alpha value is 4.11. The van der Waals surface area contributed by atoms with Crippen molar-refractivity contribution >= 4 is 85.0 Å². The molecule has 0 saturated carbocycles. The second-order valence-corrected chi connectivity index (χ2v) is 0. The van der Waals surface area contributed by atoms with Crippen LogP contribution in [0.3, 0.4) is 0 Å². The van der Waals surface area contributed by atoms with Crippen molar-refractivity contribution in [1.82, 2.24) is 0 Å². The normalized spacial score (nSPS) is 0. The Labute approximate surface area is 190 Å². The van der Waals surface area contributed by atoms with E-state index in [9.17, 15) is 0 Å². The quantitative estimate of drug-likeness (QED) is 0.350. The summed E-state index contributed by atoms with van der Waals surface area (Å²) in [5.74, 6) is 0. The van der Waals surface area contributed by atoms with Crippen molar-refractivity contribution in [3.05, 3.63) is 43.1 Å².